The van der Waals surface area contributed by atoms with Crippen LogP contribution in [0.5, 0.6) is 5.75 Å². The summed E-state index contributed by atoms with van der Waals surface area (Å²) < 4.78 is 5.19. The van der Waals surface area contributed by atoms with Crippen molar-refractivity contribution in [1.82, 2.24) is 5.32 Å². The SMILES string of the molecule is COc1cccc(N(C)C(=O)CCC2CCCNC2)c1. The smallest absolute Gasteiger partial charge is 0.226 e. The Labute approximate surface area is 121 Å². The van der Waals surface area contributed by atoms with Crippen molar-refractivity contribution in [2.24, 2.45) is 5.92 Å². The van der Waals surface area contributed by atoms with Crippen LogP contribution in [-0.2, 0) is 4.79 Å². The van der Waals surface area contributed by atoms with E-state index in [4.69, 9.17) is 4.74 Å². The van der Waals surface area contributed by atoms with Crippen LogP contribution in [0.4, 0.5) is 5.69 Å². The largest absolute Gasteiger partial charge is 0.497 e. The van der Waals surface area contributed by atoms with Crippen LogP contribution in [0.3, 0.4) is 0 Å². The van der Waals surface area contributed by atoms with E-state index in [1.54, 1.807) is 12.0 Å². The number of nitrogens with zero attached hydrogens (tertiary/aromatic N) is 1. The Morgan fingerprint density at radius 2 is 2.35 bits per heavy atom. The Kier molecular flexibility index (Phi) is 5.41. The van der Waals surface area contributed by atoms with Crippen LogP contribution >= 0.6 is 0 Å². The highest BCUT2D eigenvalue weighted by molar-refractivity contribution is 5.92. The number of hydrogen-bond donors (Lipinski definition) is 1. The lowest BCUT2D eigenvalue weighted by molar-refractivity contribution is -0.118. The Balaban J connectivity index is 1.87. The fraction of sp³-hybridized carbons (Fsp3) is 0.562. The van der Waals surface area contributed by atoms with Gasteiger partial charge in [-0.25, -0.2) is 0 Å². The maximum absolute atomic E-state index is 12.3. The van der Waals surface area contributed by atoms with E-state index in [1.165, 1.54) is 12.8 Å². The number of carbonyl (C=O) groups excluding carboxylic acids is 1. The van der Waals surface area contributed by atoms with Crippen molar-refractivity contribution in [3.8, 4) is 5.75 Å². The molecule has 4 heteroatoms. The average Bonchev–Trinajstić information content (AvgIpc) is 2.53. The number of methoxy groups -OCH3 is 1. The van der Waals surface area contributed by atoms with Crippen LogP contribution in [0.1, 0.15) is 25.7 Å². The third kappa shape index (κ3) is 3.97. The Bertz CT molecular complexity index is 442. The zero-order valence-electron chi connectivity index (χ0n) is 12.4. The van der Waals surface area contributed by atoms with Gasteiger partial charge < -0.3 is 15.0 Å². The standard InChI is InChI=1S/C16H24N2O2/c1-18(14-6-3-7-15(11-14)20-2)16(19)9-8-13-5-4-10-17-12-13/h3,6-7,11,13,17H,4-5,8-10,12H2,1-2H3. The molecule has 1 N–H and O–H groups in total. The second kappa shape index (κ2) is 7.29. The van der Waals surface area contributed by atoms with E-state index in [0.29, 0.717) is 12.3 Å². The monoisotopic (exact) mass is 276 g/mol. The van der Waals surface area contributed by atoms with Crippen molar-refractivity contribution in [3.63, 3.8) is 0 Å². The molecule has 1 aliphatic rings. The van der Waals surface area contributed by atoms with E-state index in [-0.39, 0.29) is 5.91 Å². The molecule has 20 heavy (non-hydrogen) atoms. The minimum absolute atomic E-state index is 0.170. The van der Waals surface area contributed by atoms with Crippen LogP contribution in [0.25, 0.3) is 0 Å². The molecule has 1 heterocycles. The molecule has 4 nitrogen and oxygen atoms in total. The molecular formula is C16H24N2O2. The van der Waals surface area contributed by atoms with E-state index in [0.717, 1.165) is 30.9 Å². The summed E-state index contributed by atoms with van der Waals surface area (Å²) in [5.41, 5.74) is 0.885. The van der Waals surface area contributed by atoms with Gasteiger partial charge in [0.15, 0.2) is 0 Å². The summed E-state index contributed by atoms with van der Waals surface area (Å²) in [4.78, 5) is 14.0. The van der Waals surface area contributed by atoms with Crippen molar-refractivity contribution in [2.45, 2.75) is 25.7 Å². The van der Waals surface area contributed by atoms with E-state index >= 15 is 0 Å². The molecule has 1 atom stereocenters. The quantitative estimate of drug-likeness (QED) is 0.898. The van der Waals surface area contributed by atoms with Crippen molar-refractivity contribution in [3.05, 3.63) is 24.3 Å². The summed E-state index contributed by atoms with van der Waals surface area (Å²) in [6, 6.07) is 7.61. The number of amides is 1. The van der Waals surface area contributed by atoms with Gasteiger partial charge in [0.05, 0.1) is 7.11 Å². The van der Waals surface area contributed by atoms with E-state index in [9.17, 15) is 4.79 Å². The van der Waals surface area contributed by atoms with Gasteiger partial charge in [0.2, 0.25) is 5.91 Å². The number of benzene rings is 1. The molecule has 0 aliphatic carbocycles. The fourth-order valence-electron chi connectivity index (χ4n) is 2.63. The number of carbonyl (C=O) groups is 1. The predicted molar refractivity (Wildman–Crippen MR) is 81.2 cm³/mol. The van der Waals surface area contributed by atoms with Crippen LogP contribution in [-0.4, -0.2) is 33.2 Å². The Hall–Kier alpha value is -1.55. The van der Waals surface area contributed by atoms with E-state index in [1.807, 2.05) is 31.3 Å². The van der Waals surface area contributed by atoms with Gasteiger partial charge in [0.1, 0.15) is 5.75 Å². The topological polar surface area (TPSA) is 41.6 Å². The van der Waals surface area contributed by atoms with Crippen LogP contribution in [0.2, 0.25) is 0 Å². The van der Waals surface area contributed by atoms with Gasteiger partial charge in [-0.05, 0) is 50.4 Å². The third-order valence-corrected chi connectivity index (χ3v) is 3.98. The number of anilines is 1. The second-order valence-electron chi connectivity index (χ2n) is 5.41. The first-order chi connectivity index (χ1) is 9.70. The highest BCUT2D eigenvalue weighted by atomic mass is 16.5. The summed E-state index contributed by atoms with van der Waals surface area (Å²) >= 11 is 0. The highest BCUT2D eigenvalue weighted by Crippen LogP contribution is 2.22. The first kappa shape index (κ1) is 14.9. The predicted octanol–water partition coefficient (Wildman–Crippen LogP) is 2.44. The van der Waals surface area contributed by atoms with Gasteiger partial charge in [-0.3, -0.25) is 4.79 Å². The van der Waals surface area contributed by atoms with Crippen molar-refractivity contribution >= 4 is 11.6 Å². The molecule has 0 spiro atoms. The Morgan fingerprint density at radius 3 is 3.05 bits per heavy atom. The molecule has 0 radical (unpaired) electrons. The normalized spacial score (nSPS) is 18.6. The van der Waals surface area contributed by atoms with Crippen molar-refractivity contribution in [1.29, 1.82) is 0 Å². The molecule has 1 aromatic rings. The summed E-state index contributed by atoms with van der Waals surface area (Å²) in [6.07, 6.45) is 4.05. The lowest BCUT2D eigenvalue weighted by atomic mass is 9.94. The number of hydrogen-bond acceptors (Lipinski definition) is 3. The minimum atomic E-state index is 0.170. The number of ether oxygens (including phenoxy) is 1. The number of nitrogens with one attached hydrogen (secondary N) is 1. The van der Waals surface area contributed by atoms with Gasteiger partial charge in [-0.15, -0.1) is 0 Å². The van der Waals surface area contributed by atoms with E-state index < -0.39 is 0 Å². The minimum Gasteiger partial charge on any atom is -0.497 e. The van der Waals surface area contributed by atoms with Gasteiger partial charge in [-0.2, -0.15) is 0 Å². The van der Waals surface area contributed by atoms with Crippen LogP contribution < -0.4 is 15.0 Å². The number of rotatable bonds is 5. The van der Waals surface area contributed by atoms with Crippen molar-refractivity contribution in [2.75, 3.05) is 32.1 Å². The molecule has 0 aromatic heterocycles. The third-order valence-electron chi connectivity index (χ3n) is 3.98. The Morgan fingerprint density at radius 1 is 1.50 bits per heavy atom. The van der Waals surface area contributed by atoms with E-state index in [2.05, 4.69) is 5.32 Å². The molecule has 110 valence electrons. The first-order valence-electron chi connectivity index (χ1n) is 7.32. The summed E-state index contributed by atoms with van der Waals surface area (Å²) in [7, 11) is 3.47. The molecule has 1 amide bonds. The van der Waals surface area contributed by atoms with Gasteiger partial charge in [0.25, 0.3) is 0 Å². The molecule has 1 unspecified atom stereocenters. The molecular weight excluding hydrogens is 252 g/mol. The molecule has 0 saturated carbocycles. The molecule has 1 saturated heterocycles. The van der Waals surface area contributed by atoms with Crippen LogP contribution in [0.15, 0.2) is 24.3 Å². The zero-order valence-corrected chi connectivity index (χ0v) is 12.4. The maximum atomic E-state index is 12.3. The average molecular weight is 276 g/mol. The van der Waals surface area contributed by atoms with Crippen LogP contribution in [0, 0.1) is 5.92 Å². The second-order valence-corrected chi connectivity index (χ2v) is 5.41. The highest BCUT2D eigenvalue weighted by Gasteiger charge is 2.17. The van der Waals surface area contributed by atoms with Gasteiger partial charge in [-0.1, -0.05) is 6.07 Å². The molecule has 2 rings (SSSR count). The molecule has 0 bridgehead atoms. The molecule has 1 aliphatic heterocycles. The van der Waals surface area contributed by atoms with Gasteiger partial charge in [0, 0.05) is 25.2 Å². The summed E-state index contributed by atoms with van der Waals surface area (Å²) in [6.45, 7) is 2.17. The number of piperidine rings is 1. The lowest BCUT2D eigenvalue weighted by Crippen LogP contribution is -2.31. The fourth-order valence-corrected chi connectivity index (χ4v) is 2.63. The zero-order chi connectivity index (χ0) is 14.4. The van der Waals surface area contributed by atoms with Crippen molar-refractivity contribution < 1.29 is 9.53 Å². The molecule has 1 aromatic carbocycles. The lowest BCUT2D eigenvalue weighted by Gasteiger charge is -2.24. The summed E-state index contributed by atoms with van der Waals surface area (Å²) in [5, 5.41) is 3.39. The molecule has 1 fully saturated rings. The van der Waals surface area contributed by atoms with Gasteiger partial charge >= 0.3 is 0 Å². The first-order valence-corrected chi connectivity index (χ1v) is 7.32. The summed E-state index contributed by atoms with van der Waals surface area (Å²) in [5.74, 6) is 1.59. The maximum Gasteiger partial charge on any atom is 0.226 e.